The Hall–Kier alpha value is -1.99. The second-order valence-electron chi connectivity index (χ2n) is 6.84. The predicted molar refractivity (Wildman–Crippen MR) is 94.1 cm³/mol. The maximum absolute atomic E-state index is 14.1. The lowest BCUT2D eigenvalue weighted by Gasteiger charge is -2.28. The Morgan fingerprint density at radius 3 is 2.56 bits per heavy atom. The average Bonchev–Trinajstić information content (AvgIpc) is 3.13. The van der Waals surface area contributed by atoms with Gasteiger partial charge in [0.1, 0.15) is 0 Å². The Kier molecular flexibility index (Phi) is 4.00. The lowest BCUT2D eigenvalue weighted by atomic mass is 9.90. The molecule has 0 amide bonds. The molecule has 5 nitrogen and oxygen atoms in total. The van der Waals surface area contributed by atoms with Gasteiger partial charge < -0.3 is 4.90 Å². The molecule has 2 saturated heterocycles. The van der Waals surface area contributed by atoms with Crippen molar-refractivity contribution in [1.29, 1.82) is 0 Å². The Balaban J connectivity index is 1.68. The summed E-state index contributed by atoms with van der Waals surface area (Å²) in [6, 6.07) is 11.2. The molecule has 1 aromatic heterocycles. The van der Waals surface area contributed by atoms with E-state index in [0.29, 0.717) is 25.3 Å². The predicted octanol–water partition coefficient (Wildman–Crippen LogP) is 2.29. The van der Waals surface area contributed by atoms with Crippen LogP contribution in [0.2, 0.25) is 0 Å². The number of hydrogen-bond acceptors (Lipinski definition) is 4. The fourth-order valence-electron chi connectivity index (χ4n) is 4.23. The summed E-state index contributed by atoms with van der Waals surface area (Å²) in [7, 11) is -3.30. The highest BCUT2D eigenvalue weighted by Crippen LogP contribution is 2.47. The number of benzene rings is 1. The van der Waals surface area contributed by atoms with Crippen LogP contribution in [0.5, 0.6) is 0 Å². The SMILES string of the molecule is CS(=O)(=O)N1C[C@H]2CN(c3ccncc3F)C[C@H]2[C@@H]1c1ccccc1. The highest BCUT2D eigenvalue weighted by atomic mass is 32.2. The van der Waals surface area contributed by atoms with Gasteiger partial charge in [-0.1, -0.05) is 30.3 Å². The van der Waals surface area contributed by atoms with Gasteiger partial charge in [-0.2, -0.15) is 4.31 Å². The van der Waals surface area contributed by atoms with Crippen LogP contribution in [0, 0.1) is 17.7 Å². The highest BCUT2D eigenvalue weighted by Gasteiger charge is 2.50. The standard InChI is InChI=1S/C18H20FN3O2S/c1-25(23,24)22-11-14-10-21(17-7-8-20-9-16(17)19)12-15(14)18(22)13-5-3-2-4-6-13/h2-9,14-15,18H,10-12H2,1H3/t14-,15-,18+/m1/s1. The summed E-state index contributed by atoms with van der Waals surface area (Å²) in [6.07, 6.45) is 4.08. The molecule has 2 aliphatic rings. The van der Waals surface area contributed by atoms with Gasteiger partial charge in [-0.05, 0) is 17.5 Å². The van der Waals surface area contributed by atoms with Gasteiger partial charge in [0.25, 0.3) is 0 Å². The van der Waals surface area contributed by atoms with Crippen LogP contribution in [0.25, 0.3) is 0 Å². The molecule has 0 unspecified atom stereocenters. The zero-order chi connectivity index (χ0) is 17.6. The number of pyridine rings is 1. The van der Waals surface area contributed by atoms with Crippen molar-refractivity contribution >= 4 is 15.7 Å². The van der Waals surface area contributed by atoms with Crippen LogP contribution in [0.15, 0.2) is 48.8 Å². The van der Waals surface area contributed by atoms with E-state index in [9.17, 15) is 12.8 Å². The Bertz CT molecular complexity index is 875. The molecule has 0 radical (unpaired) electrons. The topological polar surface area (TPSA) is 53.5 Å². The molecule has 2 aliphatic heterocycles. The van der Waals surface area contributed by atoms with Gasteiger partial charge in [0.05, 0.1) is 24.2 Å². The van der Waals surface area contributed by atoms with Crippen LogP contribution >= 0.6 is 0 Å². The second kappa shape index (κ2) is 6.07. The molecule has 25 heavy (non-hydrogen) atoms. The van der Waals surface area contributed by atoms with Crippen molar-refractivity contribution in [3.63, 3.8) is 0 Å². The van der Waals surface area contributed by atoms with Crippen molar-refractivity contribution in [3.8, 4) is 0 Å². The minimum Gasteiger partial charge on any atom is -0.368 e. The van der Waals surface area contributed by atoms with Crippen LogP contribution < -0.4 is 4.90 Å². The maximum Gasteiger partial charge on any atom is 0.211 e. The van der Waals surface area contributed by atoms with Crippen molar-refractivity contribution in [1.82, 2.24) is 9.29 Å². The molecular formula is C18H20FN3O2S. The van der Waals surface area contributed by atoms with E-state index in [1.54, 1.807) is 16.6 Å². The quantitative estimate of drug-likeness (QED) is 0.842. The van der Waals surface area contributed by atoms with Crippen LogP contribution in [-0.4, -0.2) is 43.6 Å². The summed E-state index contributed by atoms with van der Waals surface area (Å²) in [6.45, 7) is 1.77. The van der Waals surface area contributed by atoms with E-state index >= 15 is 0 Å². The van der Waals surface area contributed by atoms with E-state index < -0.39 is 10.0 Å². The summed E-state index contributed by atoms with van der Waals surface area (Å²) in [5, 5.41) is 0. The van der Waals surface area contributed by atoms with Gasteiger partial charge in [0.15, 0.2) is 5.82 Å². The van der Waals surface area contributed by atoms with E-state index in [2.05, 4.69) is 4.98 Å². The smallest absolute Gasteiger partial charge is 0.211 e. The summed E-state index contributed by atoms with van der Waals surface area (Å²) in [5.41, 5.74) is 1.54. The van der Waals surface area contributed by atoms with E-state index in [-0.39, 0.29) is 23.7 Å². The number of fused-ring (bicyclic) bond motifs is 1. The molecule has 0 spiro atoms. The third-order valence-electron chi connectivity index (χ3n) is 5.28. The molecular weight excluding hydrogens is 341 g/mol. The van der Waals surface area contributed by atoms with Gasteiger partial charge in [-0.3, -0.25) is 4.98 Å². The summed E-state index contributed by atoms with van der Waals surface area (Å²) >= 11 is 0. The average molecular weight is 361 g/mol. The van der Waals surface area contributed by atoms with Gasteiger partial charge in [-0.15, -0.1) is 0 Å². The molecule has 3 heterocycles. The molecule has 0 saturated carbocycles. The Labute approximate surface area is 147 Å². The van der Waals surface area contributed by atoms with Crippen LogP contribution in [0.3, 0.4) is 0 Å². The van der Waals surface area contributed by atoms with Gasteiger partial charge in [-0.25, -0.2) is 12.8 Å². The minimum atomic E-state index is -3.30. The van der Waals surface area contributed by atoms with Gasteiger partial charge in [0, 0.05) is 31.7 Å². The lowest BCUT2D eigenvalue weighted by molar-refractivity contribution is 0.352. The molecule has 0 bridgehead atoms. The molecule has 1 aromatic carbocycles. The van der Waals surface area contributed by atoms with Crippen LogP contribution in [0.1, 0.15) is 11.6 Å². The van der Waals surface area contributed by atoms with Crippen LogP contribution in [-0.2, 0) is 10.0 Å². The van der Waals surface area contributed by atoms with Crippen molar-refractivity contribution < 1.29 is 12.8 Å². The van der Waals surface area contributed by atoms with Crippen molar-refractivity contribution in [2.45, 2.75) is 6.04 Å². The molecule has 7 heteroatoms. The third-order valence-corrected chi connectivity index (χ3v) is 6.51. The van der Waals surface area contributed by atoms with Crippen LogP contribution in [0.4, 0.5) is 10.1 Å². The Morgan fingerprint density at radius 2 is 1.88 bits per heavy atom. The van der Waals surface area contributed by atoms with Gasteiger partial charge >= 0.3 is 0 Å². The first-order valence-electron chi connectivity index (χ1n) is 8.31. The van der Waals surface area contributed by atoms with Crippen molar-refractivity contribution in [2.75, 3.05) is 30.8 Å². The monoisotopic (exact) mass is 361 g/mol. The lowest BCUT2D eigenvalue weighted by Crippen LogP contribution is -2.35. The molecule has 4 rings (SSSR count). The number of aromatic nitrogens is 1. The van der Waals surface area contributed by atoms with E-state index in [1.807, 2.05) is 35.2 Å². The summed E-state index contributed by atoms with van der Waals surface area (Å²) in [4.78, 5) is 5.82. The number of hydrogen-bond donors (Lipinski definition) is 0. The fourth-order valence-corrected chi connectivity index (χ4v) is 5.38. The number of nitrogens with zero attached hydrogens (tertiary/aromatic N) is 3. The minimum absolute atomic E-state index is 0.143. The first-order valence-corrected chi connectivity index (χ1v) is 10.2. The molecule has 3 atom stereocenters. The molecule has 2 fully saturated rings. The van der Waals surface area contributed by atoms with E-state index in [4.69, 9.17) is 0 Å². The van der Waals surface area contributed by atoms with Crippen molar-refractivity contribution in [2.24, 2.45) is 11.8 Å². The van der Waals surface area contributed by atoms with E-state index in [0.717, 1.165) is 5.56 Å². The zero-order valence-electron chi connectivity index (χ0n) is 13.9. The number of halogens is 1. The number of anilines is 1. The molecule has 0 N–H and O–H groups in total. The normalized spacial score (nSPS) is 26.8. The molecule has 0 aliphatic carbocycles. The van der Waals surface area contributed by atoms with Crippen molar-refractivity contribution in [3.05, 3.63) is 60.2 Å². The first kappa shape index (κ1) is 16.5. The summed E-state index contributed by atoms with van der Waals surface area (Å²) in [5.74, 6) is -0.00381. The second-order valence-corrected chi connectivity index (χ2v) is 8.78. The molecule has 2 aromatic rings. The number of sulfonamides is 1. The van der Waals surface area contributed by atoms with E-state index in [1.165, 1.54) is 12.5 Å². The third kappa shape index (κ3) is 2.91. The van der Waals surface area contributed by atoms with Gasteiger partial charge in [0.2, 0.25) is 10.0 Å². The zero-order valence-corrected chi connectivity index (χ0v) is 14.7. The largest absolute Gasteiger partial charge is 0.368 e. The number of rotatable bonds is 3. The summed E-state index contributed by atoms with van der Waals surface area (Å²) < 4.78 is 40.3. The molecule has 132 valence electrons. The fraction of sp³-hybridized carbons (Fsp3) is 0.389. The maximum atomic E-state index is 14.1. The first-order chi connectivity index (χ1) is 11.9. The highest BCUT2D eigenvalue weighted by molar-refractivity contribution is 7.88. The Morgan fingerprint density at radius 1 is 1.12 bits per heavy atom.